The molecule has 4 rings (SSSR count). The number of hydrogen-bond acceptors (Lipinski definition) is 7. The van der Waals surface area contributed by atoms with E-state index in [1.807, 2.05) is 42.6 Å². The highest BCUT2D eigenvalue weighted by Crippen LogP contribution is 2.32. The van der Waals surface area contributed by atoms with Crippen molar-refractivity contribution in [2.75, 3.05) is 19.5 Å². The van der Waals surface area contributed by atoms with E-state index in [1.54, 1.807) is 26.4 Å². The van der Waals surface area contributed by atoms with Crippen LogP contribution < -0.4 is 14.8 Å². The van der Waals surface area contributed by atoms with Crippen molar-refractivity contribution in [1.29, 1.82) is 0 Å². The van der Waals surface area contributed by atoms with E-state index >= 15 is 0 Å². The minimum Gasteiger partial charge on any atom is -0.497 e. The van der Waals surface area contributed by atoms with E-state index in [2.05, 4.69) is 25.1 Å². The van der Waals surface area contributed by atoms with Gasteiger partial charge < -0.3 is 14.8 Å². The van der Waals surface area contributed by atoms with Crippen LogP contribution in [-0.2, 0) is 0 Å². The van der Waals surface area contributed by atoms with Crippen molar-refractivity contribution in [2.45, 2.75) is 6.92 Å². The minimum atomic E-state index is -0.294. The molecule has 0 unspecified atom stereocenters. The summed E-state index contributed by atoms with van der Waals surface area (Å²) in [5.74, 6) is 0.987. The first-order chi connectivity index (χ1) is 14.6. The molecule has 0 fully saturated rings. The second kappa shape index (κ2) is 8.34. The van der Waals surface area contributed by atoms with Crippen molar-refractivity contribution >= 4 is 23.1 Å². The summed E-state index contributed by atoms with van der Waals surface area (Å²) in [6.45, 7) is 1.93. The van der Waals surface area contributed by atoms with E-state index in [1.165, 1.54) is 11.5 Å². The van der Waals surface area contributed by atoms with Crippen LogP contribution in [0.5, 0.6) is 11.5 Å². The van der Waals surface area contributed by atoms with E-state index in [9.17, 15) is 4.79 Å². The van der Waals surface area contributed by atoms with Crippen LogP contribution in [0.15, 0.2) is 47.8 Å². The van der Waals surface area contributed by atoms with Crippen molar-refractivity contribution in [1.82, 2.24) is 19.8 Å². The highest BCUT2D eigenvalue weighted by Gasteiger charge is 2.16. The number of anilines is 1. The number of amides is 1. The monoisotopic (exact) mass is 421 g/mol. The molecule has 0 aliphatic rings. The van der Waals surface area contributed by atoms with Crippen molar-refractivity contribution in [2.24, 2.45) is 0 Å². The Morgan fingerprint density at radius 2 is 1.93 bits per heavy atom. The Morgan fingerprint density at radius 1 is 1.07 bits per heavy atom. The molecule has 2 heterocycles. The van der Waals surface area contributed by atoms with Gasteiger partial charge in [-0.1, -0.05) is 16.6 Å². The maximum absolute atomic E-state index is 12.8. The predicted molar refractivity (Wildman–Crippen MR) is 115 cm³/mol. The zero-order valence-corrected chi connectivity index (χ0v) is 17.4. The second-order valence-corrected chi connectivity index (χ2v) is 7.12. The number of benzene rings is 2. The third kappa shape index (κ3) is 3.87. The van der Waals surface area contributed by atoms with E-state index in [0.717, 1.165) is 22.4 Å². The van der Waals surface area contributed by atoms with Gasteiger partial charge in [-0.3, -0.25) is 9.89 Å². The molecule has 0 aliphatic carbocycles. The summed E-state index contributed by atoms with van der Waals surface area (Å²) in [5.41, 5.74) is 4.98. The third-order valence-electron chi connectivity index (χ3n) is 4.65. The van der Waals surface area contributed by atoms with Crippen molar-refractivity contribution in [3.63, 3.8) is 0 Å². The Bertz CT molecular complexity index is 1190. The molecule has 0 radical (unpaired) electrons. The van der Waals surface area contributed by atoms with Gasteiger partial charge in [0.05, 0.1) is 19.9 Å². The number of aromatic amines is 1. The van der Waals surface area contributed by atoms with E-state index in [-0.39, 0.29) is 5.91 Å². The summed E-state index contributed by atoms with van der Waals surface area (Å²) in [4.78, 5) is 12.8. The molecule has 9 heteroatoms. The van der Waals surface area contributed by atoms with Crippen molar-refractivity contribution < 1.29 is 14.3 Å². The number of ether oxygens (including phenoxy) is 2. The first-order valence-electron chi connectivity index (χ1n) is 9.06. The summed E-state index contributed by atoms with van der Waals surface area (Å²) in [6.07, 6.45) is 0. The molecule has 0 saturated carbocycles. The lowest BCUT2D eigenvalue weighted by Crippen LogP contribution is -2.13. The van der Waals surface area contributed by atoms with Gasteiger partial charge in [0.15, 0.2) is 0 Å². The number of nitrogens with one attached hydrogen (secondary N) is 2. The largest absolute Gasteiger partial charge is 0.497 e. The Hall–Kier alpha value is -3.72. The topological polar surface area (TPSA) is 102 Å². The smallest absolute Gasteiger partial charge is 0.273 e. The van der Waals surface area contributed by atoms with Gasteiger partial charge in [0.1, 0.15) is 22.9 Å². The molecule has 2 aromatic heterocycles. The summed E-state index contributed by atoms with van der Waals surface area (Å²) >= 11 is 1.28. The highest BCUT2D eigenvalue weighted by molar-refractivity contribution is 7.03. The summed E-state index contributed by atoms with van der Waals surface area (Å²) in [5, 5.41) is 15.9. The number of nitrogens with zero attached hydrogens (tertiary/aromatic N) is 3. The fourth-order valence-corrected chi connectivity index (χ4v) is 3.45. The molecule has 8 nitrogen and oxygen atoms in total. The number of carbonyl (C=O) groups is 1. The Morgan fingerprint density at radius 3 is 2.67 bits per heavy atom. The predicted octanol–water partition coefficient (Wildman–Crippen LogP) is 4.17. The molecule has 0 aliphatic heterocycles. The number of aromatic nitrogens is 4. The van der Waals surface area contributed by atoms with Gasteiger partial charge in [-0.25, -0.2) is 0 Å². The first-order valence-corrected chi connectivity index (χ1v) is 9.90. The van der Waals surface area contributed by atoms with Crippen LogP contribution >= 0.6 is 11.5 Å². The van der Waals surface area contributed by atoms with Gasteiger partial charge in [-0.05, 0) is 48.3 Å². The molecule has 2 aromatic carbocycles. The zero-order chi connectivity index (χ0) is 21.1. The molecule has 4 aromatic rings. The van der Waals surface area contributed by atoms with Gasteiger partial charge in [-0.15, -0.1) is 5.10 Å². The average molecular weight is 421 g/mol. The lowest BCUT2D eigenvalue weighted by atomic mass is 10.1. The normalized spacial score (nSPS) is 10.6. The highest BCUT2D eigenvalue weighted by atomic mass is 32.1. The van der Waals surface area contributed by atoms with Gasteiger partial charge in [0.25, 0.3) is 5.91 Å². The molecule has 2 N–H and O–H groups in total. The van der Waals surface area contributed by atoms with Crippen molar-refractivity contribution in [3.05, 3.63) is 59.1 Å². The molecule has 0 saturated heterocycles. The number of carbonyl (C=O) groups excluding carboxylic acids is 1. The molecule has 0 atom stereocenters. The maximum atomic E-state index is 12.8. The first kappa shape index (κ1) is 19.6. The molecular weight excluding hydrogens is 402 g/mol. The molecule has 0 bridgehead atoms. The number of rotatable bonds is 6. The lowest BCUT2D eigenvalue weighted by molar-refractivity contribution is 0.102. The Balaban J connectivity index is 1.58. The number of methoxy groups -OCH3 is 2. The van der Waals surface area contributed by atoms with Crippen LogP contribution in [0.3, 0.4) is 0 Å². The molecule has 0 spiro atoms. The van der Waals surface area contributed by atoms with E-state index < -0.39 is 0 Å². The summed E-state index contributed by atoms with van der Waals surface area (Å²) in [6, 6.07) is 12.9. The second-order valence-electron chi connectivity index (χ2n) is 6.51. The molecule has 1 amide bonds. The summed E-state index contributed by atoms with van der Waals surface area (Å²) in [7, 11) is 3.17. The van der Waals surface area contributed by atoms with Gasteiger partial charge in [0.2, 0.25) is 0 Å². The Labute approximate surface area is 177 Å². The van der Waals surface area contributed by atoms with Crippen molar-refractivity contribution in [3.8, 4) is 34.0 Å². The molecular formula is C21H19N5O3S. The fraction of sp³-hybridized carbons (Fsp3) is 0.143. The summed E-state index contributed by atoms with van der Waals surface area (Å²) < 4.78 is 14.5. The number of aryl methyl sites for hydroxylation is 1. The quantitative estimate of drug-likeness (QED) is 0.484. The number of hydrogen-bond donors (Lipinski definition) is 2. The van der Waals surface area contributed by atoms with E-state index in [4.69, 9.17) is 9.47 Å². The van der Waals surface area contributed by atoms with Crippen LogP contribution in [0.4, 0.5) is 5.69 Å². The van der Waals surface area contributed by atoms with E-state index in [0.29, 0.717) is 28.6 Å². The maximum Gasteiger partial charge on any atom is 0.273 e. The minimum absolute atomic E-state index is 0.294. The third-order valence-corrected chi connectivity index (χ3v) is 5.15. The molecule has 152 valence electrons. The lowest BCUT2D eigenvalue weighted by Gasteiger charge is -2.09. The van der Waals surface area contributed by atoms with Crippen LogP contribution in [-0.4, -0.2) is 39.9 Å². The fourth-order valence-electron chi connectivity index (χ4n) is 2.98. The standard InChI is InChI=1S/C21H19N5O3S/c1-12-4-5-13(19-11-30-26-25-19)8-16(12)22-21(27)18-10-17(23-24-18)15-7-6-14(28-2)9-20(15)29-3/h4-11H,1-3H3,(H,22,27)(H,23,24). The average Bonchev–Trinajstić information content (AvgIpc) is 3.47. The molecule has 30 heavy (non-hydrogen) atoms. The zero-order valence-electron chi connectivity index (χ0n) is 16.6. The SMILES string of the molecule is COc1ccc(-c2cc(C(=O)Nc3cc(-c4csnn4)ccc3C)[nH]n2)c(OC)c1. The van der Waals surface area contributed by atoms with Crippen LogP contribution in [0.25, 0.3) is 22.5 Å². The Kier molecular flexibility index (Phi) is 5.44. The van der Waals surface area contributed by atoms with Gasteiger partial charge in [-0.2, -0.15) is 5.10 Å². The van der Waals surface area contributed by atoms with Gasteiger partial charge >= 0.3 is 0 Å². The van der Waals surface area contributed by atoms with Crippen LogP contribution in [0, 0.1) is 6.92 Å². The number of H-pyrrole nitrogens is 1. The van der Waals surface area contributed by atoms with Crippen LogP contribution in [0.2, 0.25) is 0 Å². The van der Waals surface area contributed by atoms with Crippen LogP contribution in [0.1, 0.15) is 16.1 Å². The van der Waals surface area contributed by atoms with Gasteiger partial charge in [0, 0.05) is 28.3 Å².